The van der Waals surface area contributed by atoms with Gasteiger partial charge < -0.3 is 15.7 Å². The maximum atomic E-state index is 12.1. The second kappa shape index (κ2) is 5.63. The van der Waals surface area contributed by atoms with Crippen molar-refractivity contribution in [3.63, 3.8) is 0 Å². The Morgan fingerprint density at radius 2 is 2.24 bits per heavy atom. The minimum Gasteiger partial charge on any atom is -0.394 e. The normalized spacial score (nSPS) is 12.2. The van der Waals surface area contributed by atoms with Gasteiger partial charge in [-0.25, -0.2) is 4.98 Å². The minimum atomic E-state index is -0.220. The summed E-state index contributed by atoms with van der Waals surface area (Å²) in [7, 11) is 1.66. The van der Waals surface area contributed by atoms with Gasteiger partial charge in [-0.1, -0.05) is 6.92 Å². The van der Waals surface area contributed by atoms with Gasteiger partial charge in [0.1, 0.15) is 5.82 Å². The van der Waals surface area contributed by atoms with Crippen molar-refractivity contribution < 1.29 is 9.90 Å². The van der Waals surface area contributed by atoms with Crippen molar-refractivity contribution in [3.05, 3.63) is 23.4 Å². The molecule has 0 aliphatic rings. The maximum absolute atomic E-state index is 12.1. The van der Waals surface area contributed by atoms with Crippen LogP contribution in [0.3, 0.4) is 0 Å². The third-order valence-electron chi connectivity index (χ3n) is 2.75. The average molecular weight is 237 g/mol. The molecule has 0 aliphatic carbocycles. The third kappa shape index (κ3) is 3.17. The van der Waals surface area contributed by atoms with Crippen molar-refractivity contribution >= 4 is 11.7 Å². The van der Waals surface area contributed by atoms with Crippen LogP contribution in [0.5, 0.6) is 0 Å². The summed E-state index contributed by atoms with van der Waals surface area (Å²) in [4.78, 5) is 17.7. The van der Waals surface area contributed by atoms with Gasteiger partial charge in [0.15, 0.2) is 0 Å². The minimum absolute atomic E-state index is 0.0660. The van der Waals surface area contributed by atoms with Crippen molar-refractivity contribution in [2.45, 2.75) is 26.3 Å². The molecule has 0 aliphatic heterocycles. The highest BCUT2D eigenvalue weighted by Crippen LogP contribution is 2.12. The molecule has 0 aromatic carbocycles. The number of carbonyl (C=O) groups is 1. The molecule has 0 saturated heterocycles. The van der Waals surface area contributed by atoms with E-state index in [4.69, 9.17) is 10.8 Å². The number of amides is 1. The SMILES string of the molecule is CCc1cc(C(=O)N(C)C(C)CO)cc(N)n1. The Hall–Kier alpha value is -1.62. The molecular weight excluding hydrogens is 218 g/mol. The topological polar surface area (TPSA) is 79.5 Å². The number of rotatable bonds is 4. The number of aliphatic hydroxyl groups excluding tert-OH is 1. The fourth-order valence-electron chi connectivity index (χ4n) is 1.44. The van der Waals surface area contributed by atoms with Crippen molar-refractivity contribution in [2.24, 2.45) is 0 Å². The first kappa shape index (κ1) is 13.4. The van der Waals surface area contributed by atoms with Crippen LogP contribution in [0.25, 0.3) is 0 Å². The Labute approximate surface area is 101 Å². The molecule has 0 radical (unpaired) electrons. The lowest BCUT2D eigenvalue weighted by Gasteiger charge is -2.23. The highest BCUT2D eigenvalue weighted by molar-refractivity contribution is 5.95. The Kier molecular flexibility index (Phi) is 4.45. The first-order valence-corrected chi connectivity index (χ1v) is 5.64. The number of hydrogen-bond donors (Lipinski definition) is 2. The van der Waals surface area contributed by atoms with E-state index in [0.29, 0.717) is 11.4 Å². The highest BCUT2D eigenvalue weighted by atomic mass is 16.3. The van der Waals surface area contributed by atoms with Gasteiger partial charge in [0, 0.05) is 18.3 Å². The van der Waals surface area contributed by atoms with Crippen LogP contribution in [-0.4, -0.2) is 40.6 Å². The summed E-state index contributed by atoms with van der Waals surface area (Å²) in [6.45, 7) is 3.67. The molecule has 5 nitrogen and oxygen atoms in total. The summed E-state index contributed by atoms with van der Waals surface area (Å²) in [6.07, 6.45) is 0.727. The molecule has 5 heteroatoms. The molecule has 94 valence electrons. The number of hydrogen-bond acceptors (Lipinski definition) is 4. The first-order chi connectivity index (χ1) is 7.99. The third-order valence-corrected chi connectivity index (χ3v) is 2.75. The summed E-state index contributed by atoms with van der Waals surface area (Å²) < 4.78 is 0. The number of aromatic nitrogens is 1. The van der Waals surface area contributed by atoms with Gasteiger partial charge in [-0.15, -0.1) is 0 Å². The molecule has 1 atom stereocenters. The molecule has 1 amide bonds. The van der Waals surface area contributed by atoms with Crippen LogP contribution in [0.1, 0.15) is 29.9 Å². The van der Waals surface area contributed by atoms with Crippen molar-refractivity contribution in [2.75, 3.05) is 19.4 Å². The smallest absolute Gasteiger partial charge is 0.254 e. The number of aryl methyl sites for hydroxylation is 1. The van der Waals surface area contributed by atoms with Crippen molar-refractivity contribution in [1.82, 2.24) is 9.88 Å². The van der Waals surface area contributed by atoms with Gasteiger partial charge in [-0.2, -0.15) is 0 Å². The van der Waals surface area contributed by atoms with Crippen LogP contribution in [0.15, 0.2) is 12.1 Å². The van der Waals surface area contributed by atoms with Crippen LogP contribution in [0.2, 0.25) is 0 Å². The van der Waals surface area contributed by atoms with E-state index in [0.717, 1.165) is 12.1 Å². The van der Waals surface area contributed by atoms with E-state index in [1.54, 1.807) is 26.1 Å². The molecule has 1 unspecified atom stereocenters. The first-order valence-electron chi connectivity index (χ1n) is 5.64. The zero-order valence-electron chi connectivity index (χ0n) is 10.5. The lowest BCUT2D eigenvalue weighted by molar-refractivity contribution is 0.0682. The molecule has 1 aromatic heterocycles. The molecule has 17 heavy (non-hydrogen) atoms. The molecular formula is C12H19N3O2. The Balaban J connectivity index is 2.99. The highest BCUT2D eigenvalue weighted by Gasteiger charge is 2.17. The number of pyridine rings is 1. The predicted molar refractivity (Wildman–Crippen MR) is 66.7 cm³/mol. The van der Waals surface area contributed by atoms with E-state index in [-0.39, 0.29) is 18.6 Å². The average Bonchev–Trinajstić information content (AvgIpc) is 2.35. The second-order valence-electron chi connectivity index (χ2n) is 4.07. The van der Waals surface area contributed by atoms with E-state index < -0.39 is 0 Å². The second-order valence-corrected chi connectivity index (χ2v) is 4.07. The van der Waals surface area contributed by atoms with Crippen LogP contribution in [-0.2, 0) is 6.42 Å². The fourth-order valence-corrected chi connectivity index (χ4v) is 1.44. The van der Waals surface area contributed by atoms with Gasteiger partial charge in [0.05, 0.1) is 12.6 Å². The Morgan fingerprint density at radius 3 is 2.76 bits per heavy atom. The molecule has 1 aromatic rings. The Morgan fingerprint density at radius 1 is 1.59 bits per heavy atom. The quantitative estimate of drug-likeness (QED) is 0.807. The number of nitrogen functional groups attached to an aromatic ring is 1. The number of anilines is 1. The van der Waals surface area contributed by atoms with Gasteiger partial charge in [0.25, 0.3) is 5.91 Å². The molecule has 0 saturated carbocycles. The van der Waals surface area contributed by atoms with Gasteiger partial charge >= 0.3 is 0 Å². The number of nitrogens with two attached hydrogens (primary N) is 1. The summed E-state index contributed by atoms with van der Waals surface area (Å²) in [5, 5.41) is 9.03. The molecule has 0 spiro atoms. The van der Waals surface area contributed by atoms with Crippen LogP contribution < -0.4 is 5.73 Å². The zero-order chi connectivity index (χ0) is 13.0. The van der Waals surface area contributed by atoms with E-state index in [1.807, 2.05) is 6.92 Å². The van der Waals surface area contributed by atoms with Crippen molar-refractivity contribution in [1.29, 1.82) is 0 Å². The monoisotopic (exact) mass is 237 g/mol. The molecule has 3 N–H and O–H groups in total. The van der Waals surface area contributed by atoms with Crippen LogP contribution >= 0.6 is 0 Å². The fraction of sp³-hybridized carbons (Fsp3) is 0.500. The van der Waals surface area contributed by atoms with Gasteiger partial charge in [-0.05, 0) is 25.5 Å². The van der Waals surface area contributed by atoms with Crippen molar-refractivity contribution in [3.8, 4) is 0 Å². The van der Waals surface area contributed by atoms with Crippen LogP contribution in [0, 0.1) is 0 Å². The van der Waals surface area contributed by atoms with E-state index in [1.165, 1.54) is 4.90 Å². The molecule has 0 fully saturated rings. The summed E-state index contributed by atoms with van der Waals surface area (Å²) in [6, 6.07) is 3.07. The standard InChI is InChI=1S/C12H19N3O2/c1-4-10-5-9(6-11(13)14-10)12(17)15(3)8(2)7-16/h5-6,8,16H,4,7H2,1-3H3,(H2,13,14). The van der Waals surface area contributed by atoms with E-state index in [9.17, 15) is 4.79 Å². The van der Waals surface area contributed by atoms with Gasteiger partial charge in [-0.3, -0.25) is 4.79 Å². The molecule has 1 heterocycles. The zero-order valence-corrected chi connectivity index (χ0v) is 10.5. The molecule has 1 rings (SSSR count). The van der Waals surface area contributed by atoms with Gasteiger partial charge in [0.2, 0.25) is 0 Å². The summed E-state index contributed by atoms with van der Waals surface area (Å²) in [5.74, 6) is 0.188. The lowest BCUT2D eigenvalue weighted by atomic mass is 10.1. The largest absolute Gasteiger partial charge is 0.394 e. The number of nitrogens with zero attached hydrogens (tertiary/aromatic N) is 2. The lowest BCUT2D eigenvalue weighted by Crippen LogP contribution is -2.37. The van der Waals surface area contributed by atoms with E-state index >= 15 is 0 Å². The van der Waals surface area contributed by atoms with E-state index in [2.05, 4.69) is 4.98 Å². The summed E-state index contributed by atoms with van der Waals surface area (Å²) in [5.41, 5.74) is 6.95. The number of likely N-dealkylation sites (N-methyl/N-ethyl adjacent to an activating group) is 1. The number of carbonyl (C=O) groups excluding carboxylic acids is 1. The Bertz CT molecular complexity index is 407. The summed E-state index contributed by atoms with van der Waals surface area (Å²) >= 11 is 0. The maximum Gasteiger partial charge on any atom is 0.254 e. The van der Waals surface area contributed by atoms with Crippen LogP contribution in [0.4, 0.5) is 5.82 Å². The predicted octanol–water partition coefficient (Wildman–Crippen LogP) is 0.679. The molecule has 0 bridgehead atoms. The number of aliphatic hydroxyl groups is 1.